The number of rotatable bonds is 6. The van der Waals surface area contributed by atoms with E-state index in [2.05, 4.69) is 10.3 Å². The van der Waals surface area contributed by atoms with Crippen LogP contribution in [0.15, 0.2) is 18.3 Å². The monoisotopic (exact) mass is 252 g/mol. The van der Waals surface area contributed by atoms with Crippen LogP contribution < -0.4 is 10.1 Å². The van der Waals surface area contributed by atoms with Crippen molar-refractivity contribution in [3.63, 3.8) is 0 Å². The van der Waals surface area contributed by atoms with Crippen LogP contribution in [0.25, 0.3) is 0 Å². The second-order valence-corrected chi connectivity index (χ2v) is 4.88. The molecular weight excluding hydrogens is 232 g/mol. The molecule has 0 bridgehead atoms. The number of carbonyl (C=O) groups excluding carboxylic acids is 1. The van der Waals surface area contributed by atoms with Crippen LogP contribution in [0.4, 0.5) is 0 Å². The molecule has 0 aromatic carbocycles. The minimum absolute atomic E-state index is 0.110. The molecule has 0 aliphatic rings. The number of hydrogen-bond acceptors (Lipinski definition) is 4. The number of aliphatic hydroxyl groups excluding tert-OH is 1. The second-order valence-electron chi connectivity index (χ2n) is 4.88. The summed E-state index contributed by atoms with van der Waals surface area (Å²) in [6, 6.07) is 3.36. The van der Waals surface area contributed by atoms with Crippen molar-refractivity contribution in [1.82, 2.24) is 10.3 Å². The molecule has 0 aliphatic carbocycles. The number of aromatic nitrogens is 1. The number of nitrogens with zero attached hydrogens (tertiary/aromatic N) is 1. The van der Waals surface area contributed by atoms with Gasteiger partial charge >= 0.3 is 0 Å². The average Bonchev–Trinajstić information content (AvgIpc) is 2.36. The van der Waals surface area contributed by atoms with E-state index in [-0.39, 0.29) is 17.9 Å². The summed E-state index contributed by atoms with van der Waals surface area (Å²) in [5, 5.41) is 11.8. The fourth-order valence-corrected chi connectivity index (χ4v) is 1.53. The highest BCUT2D eigenvalue weighted by molar-refractivity contribution is 5.96. The quantitative estimate of drug-likeness (QED) is 0.798. The first-order valence-corrected chi connectivity index (χ1v) is 5.88. The maximum Gasteiger partial charge on any atom is 0.256 e. The number of nitrogens with one attached hydrogen (secondary N) is 1. The van der Waals surface area contributed by atoms with Crippen molar-refractivity contribution in [1.29, 1.82) is 0 Å². The molecule has 100 valence electrons. The molecule has 0 radical (unpaired) electrons. The first-order valence-electron chi connectivity index (χ1n) is 5.88. The van der Waals surface area contributed by atoms with Crippen LogP contribution >= 0.6 is 0 Å². The van der Waals surface area contributed by atoms with Crippen molar-refractivity contribution in [2.24, 2.45) is 5.41 Å². The third-order valence-corrected chi connectivity index (χ3v) is 2.73. The molecule has 5 nitrogen and oxygen atoms in total. The smallest absolute Gasteiger partial charge is 0.256 e. The van der Waals surface area contributed by atoms with Crippen LogP contribution in [0.1, 0.15) is 30.6 Å². The molecule has 5 heteroatoms. The lowest BCUT2D eigenvalue weighted by Crippen LogP contribution is -2.34. The van der Waals surface area contributed by atoms with E-state index in [1.807, 2.05) is 13.8 Å². The Morgan fingerprint density at radius 3 is 2.89 bits per heavy atom. The van der Waals surface area contributed by atoms with Gasteiger partial charge in [0.15, 0.2) is 0 Å². The van der Waals surface area contributed by atoms with Crippen LogP contribution in [-0.4, -0.2) is 36.3 Å². The van der Waals surface area contributed by atoms with Gasteiger partial charge in [-0.15, -0.1) is 0 Å². The van der Waals surface area contributed by atoms with E-state index >= 15 is 0 Å². The largest absolute Gasteiger partial charge is 0.480 e. The SMILES string of the molecule is COc1ncccc1C(=O)NCC(C)(C)CCO. The maximum atomic E-state index is 12.0. The standard InChI is InChI=1S/C13H20N2O3/c1-13(2,6-8-16)9-15-11(17)10-5-4-7-14-12(10)18-3/h4-5,7,16H,6,8-9H2,1-3H3,(H,15,17). The van der Waals surface area contributed by atoms with Crippen molar-refractivity contribution in [3.05, 3.63) is 23.9 Å². The minimum Gasteiger partial charge on any atom is -0.480 e. The minimum atomic E-state index is -0.217. The third-order valence-electron chi connectivity index (χ3n) is 2.73. The lowest BCUT2D eigenvalue weighted by Gasteiger charge is -2.23. The summed E-state index contributed by atoms with van der Waals surface area (Å²) >= 11 is 0. The van der Waals surface area contributed by atoms with Crippen LogP contribution in [0.3, 0.4) is 0 Å². The van der Waals surface area contributed by atoms with Crippen molar-refractivity contribution in [2.45, 2.75) is 20.3 Å². The summed E-state index contributed by atoms with van der Waals surface area (Å²) in [7, 11) is 1.48. The highest BCUT2D eigenvalue weighted by Gasteiger charge is 2.20. The van der Waals surface area contributed by atoms with Gasteiger partial charge in [-0.2, -0.15) is 0 Å². The van der Waals surface area contributed by atoms with Gasteiger partial charge in [0.2, 0.25) is 5.88 Å². The third kappa shape index (κ3) is 4.00. The number of methoxy groups -OCH3 is 1. The van der Waals surface area contributed by atoms with E-state index in [4.69, 9.17) is 9.84 Å². The topological polar surface area (TPSA) is 71.5 Å². The Bertz CT molecular complexity index is 405. The van der Waals surface area contributed by atoms with Gasteiger partial charge in [0.05, 0.1) is 7.11 Å². The first kappa shape index (κ1) is 14.4. The summed E-state index contributed by atoms with van der Waals surface area (Å²) in [5.41, 5.74) is 0.277. The van der Waals surface area contributed by atoms with E-state index in [0.717, 1.165) is 0 Å². The summed E-state index contributed by atoms with van der Waals surface area (Å²) in [4.78, 5) is 16.0. The van der Waals surface area contributed by atoms with Crippen LogP contribution in [0, 0.1) is 5.41 Å². The predicted octanol–water partition coefficient (Wildman–Crippen LogP) is 1.23. The summed E-state index contributed by atoms with van der Waals surface area (Å²) < 4.78 is 5.03. The molecule has 1 rings (SSSR count). The van der Waals surface area contributed by atoms with Gasteiger partial charge in [-0.3, -0.25) is 4.79 Å². The van der Waals surface area contributed by atoms with Gasteiger partial charge in [0.1, 0.15) is 5.56 Å². The Balaban J connectivity index is 2.66. The van der Waals surface area contributed by atoms with E-state index in [1.54, 1.807) is 18.3 Å². The zero-order valence-corrected chi connectivity index (χ0v) is 11.1. The summed E-state index contributed by atoms with van der Waals surface area (Å²) in [6.07, 6.45) is 2.21. The number of amides is 1. The van der Waals surface area contributed by atoms with E-state index in [1.165, 1.54) is 7.11 Å². The normalized spacial score (nSPS) is 11.1. The molecule has 2 N–H and O–H groups in total. The van der Waals surface area contributed by atoms with Crippen molar-refractivity contribution in [2.75, 3.05) is 20.3 Å². The first-order chi connectivity index (χ1) is 8.50. The molecule has 1 aromatic heterocycles. The molecule has 0 unspecified atom stereocenters. The predicted molar refractivity (Wildman–Crippen MR) is 68.6 cm³/mol. The van der Waals surface area contributed by atoms with Gasteiger partial charge in [0.25, 0.3) is 5.91 Å². The zero-order chi connectivity index (χ0) is 13.6. The molecule has 18 heavy (non-hydrogen) atoms. The number of carbonyl (C=O) groups is 1. The molecule has 0 atom stereocenters. The molecule has 0 aliphatic heterocycles. The van der Waals surface area contributed by atoms with Gasteiger partial charge in [-0.25, -0.2) is 4.98 Å². The Kier molecular flexibility index (Phi) is 5.09. The Labute approximate surface area is 107 Å². The second kappa shape index (κ2) is 6.35. The Hall–Kier alpha value is -1.62. The highest BCUT2D eigenvalue weighted by Crippen LogP contribution is 2.19. The van der Waals surface area contributed by atoms with E-state index < -0.39 is 0 Å². The lowest BCUT2D eigenvalue weighted by molar-refractivity contribution is 0.0924. The van der Waals surface area contributed by atoms with Crippen LogP contribution in [0.2, 0.25) is 0 Å². The van der Waals surface area contributed by atoms with Crippen molar-refractivity contribution >= 4 is 5.91 Å². The maximum absolute atomic E-state index is 12.0. The highest BCUT2D eigenvalue weighted by atomic mass is 16.5. The average molecular weight is 252 g/mol. The molecule has 1 heterocycles. The van der Waals surface area contributed by atoms with Crippen LogP contribution in [0.5, 0.6) is 5.88 Å². The van der Waals surface area contributed by atoms with Gasteiger partial charge in [-0.05, 0) is 24.0 Å². The van der Waals surface area contributed by atoms with Crippen LogP contribution in [-0.2, 0) is 0 Å². The molecule has 1 amide bonds. The Morgan fingerprint density at radius 2 is 2.28 bits per heavy atom. The van der Waals surface area contributed by atoms with Crippen molar-refractivity contribution < 1.29 is 14.6 Å². The van der Waals surface area contributed by atoms with Gasteiger partial charge in [0, 0.05) is 19.3 Å². The lowest BCUT2D eigenvalue weighted by atomic mass is 9.89. The molecular formula is C13H20N2O3. The molecule has 0 spiro atoms. The van der Waals surface area contributed by atoms with Gasteiger partial charge < -0.3 is 15.2 Å². The molecule has 0 fully saturated rings. The fourth-order valence-electron chi connectivity index (χ4n) is 1.53. The zero-order valence-electron chi connectivity index (χ0n) is 11.1. The number of aliphatic hydroxyl groups is 1. The van der Waals surface area contributed by atoms with Crippen molar-refractivity contribution in [3.8, 4) is 5.88 Å². The fraction of sp³-hybridized carbons (Fsp3) is 0.538. The molecule has 0 saturated heterocycles. The summed E-state index contributed by atoms with van der Waals surface area (Å²) in [6.45, 7) is 4.58. The number of pyridine rings is 1. The number of ether oxygens (including phenoxy) is 1. The number of hydrogen-bond donors (Lipinski definition) is 2. The Morgan fingerprint density at radius 1 is 1.56 bits per heavy atom. The summed E-state index contributed by atoms with van der Waals surface area (Å²) in [5.74, 6) is 0.0981. The molecule has 0 saturated carbocycles. The van der Waals surface area contributed by atoms with Gasteiger partial charge in [-0.1, -0.05) is 13.8 Å². The van der Waals surface area contributed by atoms with E-state index in [9.17, 15) is 4.79 Å². The van der Waals surface area contributed by atoms with E-state index in [0.29, 0.717) is 24.4 Å². The molecule has 1 aromatic rings.